The van der Waals surface area contributed by atoms with Crippen molar-refractivity contribution >= 4 is 28.3 Å². The number of phenolic OH excluding ortho intramolecular Hbond substituents is 1. The van der Waals surface area contributed by atoms with Gasteiger partial charge in [0.25, 0.3) is 5.91 Å². The lowest BCUT2D eigenvalue weighted by atomic mass is 10.1. The summed E-state index contributed by atoms with van der Waals surface area (Å²) < 4.78 is 0. The first-order valence-corrected chi connectivity index (χ1v) is 6.25. The van der Waals surface area contributed by atoms with Crippen LogP contribution in [0.5, 0.6) is 5.75 Å². The van der Waals surface area contributed by atoms with E-state index in [2.05, 4.69) is 5.32 Å². The van der Waals surface area contributed by atoms with Crippen molar-refractivity contribution in [1.82, 2.24) is 5.32 Å². The standard InChI is InChI=1S/C14H12ClNO2/c15-12-3-1-2-10-11(12)6-8(7-13(10)17)14(18)16-9-4-5-9/h1-3,6-7,9,17H,4-5H2,(H,16,18). The molecule has 0 radical (unpaired) electrons. The minimum atomic E-state index is -0.158. The van der Waals surface area contributed by atoms with Crippen LogP contribution in [-0.4, -0.2) is 17.1 Å². The highest BCUT2D eigenvalue weighted by molar-refractivity contribution is 6.35. The molecule has 0 aliphatic heterocycles. The first kappa shape index (κ1) is 11.4. The van der Waals surface area contributed by atoms with Gasteiger partial charge in [-0.3, -0.25) is 4.79 Å². The van der Waals surface area contributed by atoms with Crippen molar-refractivity contribution in [1.29, 1.82) is 0 Å². The quantitative estimate of drug-likeness (QED) is 0.873. The minimum Gasteiger partial charge on any atom is -0.507 e. The monoisotopic (exact) mass is 261 g/mol. The number of halogens is 1. The van der Waals surface area contributed by atoms with Crippen molar-refractivity contribution in [3.8, 4) is 5.75 Å². The van der Waals surface area contributed by atoms with Gasteiger partial charge in [0.1, 0.15) is 5.75 Å². The molecule has 1 amide bonds. The molecule has 0 atom stereocenters. The molecule has 2 aromatic rings. The van der Waals surface area contributed by atoms with E-state index < -0.39 is 0 Å². The first-order chi connectivity index (χ1) is 8.65. The molecule has 3 rings (SSSR count). The number of amides is 1. The maximum Gasteiger partial charge on any atom is 0.251 e. The van der Waals surface area contributed by atoms with Crippen molar-refractivity contribution in [2.45, 2.75) is 18.9 Å². The predicted octanol–water partition coefficient (Wildman–Crippen LogP) is 3.09. The molecule has 1 aliphatic carbocycles. The van der Waals surface area contributed by atoms with E-state index in [0.29, 0.717) is 27.4 Å². The summed E-state index contributed by atoms with van der Waals surface area (Å²) in [6.07, 6.45) is 2.07. The van der Waals surface area contributed by atoms with Crippen LogP contribution in [0, 0.1) is 0 Å². The Kier molecular flexibility index (Phi) is 2.63. The Hall–Kier alpha value is -1.74. The molecule has 0 bridgehead atoms. The summed E-state index contributed by atoms with van der Waals surface area (Å²) in [7, 11) is 0. The molecular formula is C14H12ClNO2. The van der Waals surface area contributed by atoms with Crippen LogP contribution in [0.1, 0.15) is 23.2 Å². The van der Waals surface area contributed by atoms with Crippen molar-refractivity contribution in [3.05, 3.63) is 40.9 Å². The van der Waals surface area contributed by atoms with Crippen LogP contribution < -0.4 is 5.32 Å². The molecule has 92 valence electrons. The van der Waals surface area contributed by atoms with Gasteiger partial charge in [-0.15, -0.1) is 0 Å². The summed E-state index contributed by atoms with van der Waals surface area (Å²) in [6, 6.07) is 8.78. The molecule has 3 nitrogen and oxygen atoms in total. The van der Waals surface area contributed by atoms with Crippen molar-refractivity contribution in [2.75, 3.05) is 0 Å². The molecule has 2 aromatic carbocycles. The van der Waals surface area contributed by atoms with E-state index in [0.717, 1.165) is 12.8 Å². The zero-order valence-electron chi connectivity index (χ0n) is 9.61. The molecule has 4 heteroatoms. The molecule has 1 saturated carbocycles. The molecule has 0 unspecified atom stereocenters. The zero-order chi connectivity index (χ0) is 12.7. The molecule has 0 saturated heterocycles. The normalized spacial score (nSPS) is 14.7. The molecule has 18 heavy (non-hydrogen) atoms. The smallest absolute Gasteiger partial charge is 0.251 e. The first-order valence-electron chi connectivity index (χ1n) is 5.87. The van der Waals surface area contributed by atoms with Gasteiger partial charge in [-0.2, -0.15) is 0 Å². The van der Waals surface area contributed by atoms with E-state index in [4.69, 9.17) is 11.6 Å². The van der Waals surface area contributed by atoms with Crippen molar-refractivity contribution < 1.29 is 9.90 Å². The van der Waals surface area contributed by atoms with Gasteiger partial charge in [-0.1, -0.05) is 23.7 Å². The second-order valence-corrected chi connectivity index (χ2v) is 4.99. The maximum atomic E-state index is 11.9. The highest BCUT2D eigenvalue weighted by Crippen LogP contribution is 2.31. The van der Waals surface area contributed by atoms with E-state index in [1.165, 1.54) is 6.07 Å². The summed E-state index contributed by atoms with van der Waals surface area (Å²) in [5, 5.41) is 14.7. The zero-order valence-corrected chi connectivity index (χ0v) is 10.4. The minimum absolute atomic E-state index is 0.0796. The summed E-state index contributed by atoms with van der Waals surface area (Å²) in [5.41, 5.74) is 0.444. The van der Waals surface area contributed by atoms with Crippen molar-refractivity contribution in [3.63, 3.8) is 0 Å². The fourth-order valence-electron chi connectivity index (χ4n) is 1.96. The van der Waals surface area contributed by atoms with Gasteiger partial charge in [0.2, 0.25) is 0 Å². The molecule has 0 heterocycles. The average molecular weight is 262 g/mol. The van der Waals surface area contributed by atoms with Gasteiger partial charge in [0, 0.05) is 27.4 Å². The van der Waals surface area contributed by atoms with Gasteiger partial charge >= 0.3 is 0 Å². The number of nitrogens with one attached hydrogen (secondary N) is 1. The lowest BCUT2D eigenvalue weighted by Crippen LogP contribution is -2.25. The Balaban J connectivity index is 2.07. The second-order valence-electron chi connectivity index (χ2n) is 4.58. The number of benzene rings is 2. The molecular weight excluding hydrogens is 250 g/mol. The number of phenols is 1. The number of carbonyl (C=O) groups is 1. The number of hydrogen-bond acceptors (Lipinski definition) is 2. The van der Waals surface area contributed by atoms with E-state index in [1.807, 2.05) is 0 Å². The molecule has 0 spiro atoms. The number of rotatable bonds is 2. The second kappa shape index (κ2) is 4.18. The van der Waals surface area contributed by atoms with E-state index in [9.17, 15) is 9.90 Å². The van der Waals surface area contributed by atoms with Crippen LogP contribution in [0.4, 0.5) is 0 Å². The van der Waals surface area contributed by atoms with Crippen LogP contribution in [-0.2, 0) is 0 Å². The summed E-state index contributed by atoms with van der Waals surface area (Å²) in [6.45, 7) is 0. The van der Waals surface area contributed by atoms with Crippen LogP contribution in [0.2, 0.25) is 5.02 Å². The van der Waals surface area contributed by atoms with Gasteiger partial charge in [0.05, 0.1) is 0 Å². The lowest BCUT2D eigenvalue weighted by Gasteiger charge is -2.08. The lowest BCUT2D eigenvalue weighted by molar-refractivity contribution is 0.0951. The predicted molar refractivity (Wildman–Crippen MR) is 71.1 cm³/mol. The molecule has 2 N–H and O–H groups in total. The largest absolute Gasteiger partial charge is 0.507 e. The van der Waals surface area contributed by atoms with Crippen LogP contribution >= 0.6 is 11.6 Å². The van der Waals surface area contributed by atoms with Crippen LogP contribution in [0.15, 0.2) is 30.3 Å². The van der Waals surface area contributed by atoms with Gasteiger partial charge < -0.3 is 10.4 Å². The fraction of sp³-hybridized carbons (Fsp3) is 0.214. The van der Waals surface area contributed by atoms with Crippen molar-refractivity contribution in [2.24, 2.45) is 0 Å². The van der Waals surface area contributed by atoms with Crippen LogP contribution in [0.25, 0.3) is 10.8 Å². The summed E-state index contributed by atoms with van der Waals surface area (Å²) >= 11 is 6.08. The Bertz CT molecular complexity index is 635. The van der Waals surface area contributed by atoms with Crippen LogP contribution in [0.3, 0.4) is 0 Å². The Morgan fingerprint density at radius 2 is 2.06 bits per heavy atom. The number of fused-ring (bicyclic) bond motifs is 1. The fourth-order valence-corrected chi connectivity index (χ4v) is 2.19. The average Bonchev–Trinajstić information content (AvgIpc) is 3.14. The maximum absolute atomic E-state index is 11.9. The van der Waals surface area contributed by atoms with Gasteiger partial charge in [-0.05, 0) is 31.0 Å². The third-order valence-electron chi connectivity index (χ3n) is 3.10. The van der Waals surface area contributed by atoms with E-state index in [-0.39, 0.29) is 11.7 Å². The van der Waals surface area contributed by atoms with E-state index in [1.54, 1.807) is 24.3 Å². The third kappa shape index (κ3) is 2.02. The number of aromatic hydroxyl groups is 1. The Morgan fingerprint density at radius 3 is 2.78 bits per heavy atom. The summed E-state index contributed by atoms with van der Waals surface area (Å²) in [4.78, 5) is 11.9. The Morgan fingerprint density at radius 1 is 1.28 bits per heavy atom. The number of hydrogen-bond donors (Lipinski definition) is 2. The molecule has 0 aromatic heterocycles. The third-order valence-corrected chi connectivity index (χ3v) is 3.43. The van der Waals surface area contributed by atoms with Gasteiger partial charge in [0.15, 0.2) is 0 Å². The SMILES string of the molecule is O=C(NC1CC1)c1cc(O)c2cccc(Cl)c2c1. The molecule has 1 fully saturated rings. The highest BCUT2D eigenvalue weighted by atomic mass is 35.5. The molecule has 1 aliphatic rings. The topological polar surface area (TPSA) is 49.3 Å². The summed E-state index contributed by atoms with van der Waals surface area (Å²) in [5.74, 6) is -0.0782. The Labute approximate surface area is 109 Å². The van der Waals surface area contributed by atoms with Gasteiger partial charge in [-0.25, -0.2) is 0 Å². The number of carbonyl (C=O) groups excluding carboxylic acids is 1. The van der Waals surface area contributed by atoms with E-state index >= 15 is 0 Å². The highest BCUT2D eigenvalue weighted by Gasteiger charge is 2.24.